The van der Waals surface area contributed by atoms with Crippen molar-refractivity contribution in [1.29, 1.82) is 0 Å². The molecule has 1 amide bonds. The van der Waals surface area contributed by atoms with Crippen LogP contribution in [0.2, 0.25) is 1.41 Å². The summed E-state index contributed by atoms with van der Waals surface area (Å²) in [6.07, 6.45) is 1.50. The third-order valence-corrected chi connectivity index (χ3v) is 0.898. The van der Waals surface area contributed by atoms with Crippen molar-refractivity contribution in [3.8, 4) is 0 Å². The Morgan fingerprint density at radius 1 is 1.78 bits per heavy atom. The van der Waals surface area contributed by atoms with Crippen molar-refractivity contribution in [2.45, 2.75) is 0 Å². The monoisotopic (exact) mass is 123 g/mol. The lowest BCUT2D eigenvalue weighted by molar-refractivity contribution is 0.0995. The van der Waals surface area contributed by atoms with Crippen LogP contribution in [-0.2, 0) is 0 Å². The Kier molecular flexibility index (Phi) is 1.13. The third-order valence-electron chi connectivity index (χ3n) is 0.898. The zero-order valence-electron chi connectivity index (χ0n) is 5.66. The summed E-state index contributed by atoms with van der Waals surface area (Å²) in [5.41, 5.74) is 1.99. The Bertz CT molecular complexity index is 224. The first-order chi connectivity index (χ1) is 4.84. The van der Waals surface area contributed by atoms with Gasteiger partial charge in [-0.3, -0.25) is 9.78 Å². The van der Waals surface area contributed by atoms with Gasteiger partial charge in [-0.25, -0.2) is 0 Å². The van der Waals surface area contributed by atoms with Crippen LogP contribution in [0.25, 0.3) is 0 Å². The van der Waals surface area contributed by atoms with Crippen LogP contribution in [0, 0.1) is 0 Å². The maximum Gasteiger partial charge on any atom is 0.267 e. The topological polar surface area (TPSA) is 56.0 Å². The molecule has 1 heterocycles. The minimum atomic E-state index is -0.486. The SMILES string of the molecule is [2H]NC(=O)c1ccccn1. The van der Waals surface area contributed by atoms with Gasteiger partial charge in [0.15, 0.2) is 1.41 Å². The molecular formula is C6H6N2O. The van der Waals surface area contributed by atoms with Crippen LogP contribution in [0.4, 0.5) is 0 Å². The van der Waals surface area contributed by atoms with E-state index in [4.69, 9.17) is 1.41 Å². The molecule has 0 bridgehead atoms. The fourth-order valence-electron chi connectivity index (χ4n) is 0.497. The summed E-state index contributed by atoms with van der Waals surface area (Å²) in [6, 6.07) is 4.95. The molecular weight excluding hydrogens is 116 g/mol. The second-order valence-corrected chi connectivity index (χ2v) is 1.54. The first-order valence-corrected chi connectivity index (χ1v) is 2.47. The Balaban J connectivity index is 2.85. The molecule has 0 spiro atoms. The second kappa shape index (κ2) is 2.26. The van der Waals surface area contributed by atoms with E-state index in [1.54, 1.807) is 23.9 Å². The van der Waals surface area contributed by atoms with Crippen LogP contribution in [0.3, 0.4) is 0 Å². The van der Waals surface area contributed by atoms with Gasteiger partial charge in [0.2, 0.25) is 0 Å². The molecule has 0 aliphatic carbocycles. The van der Waals surface area contributed by atoms with Crippen molar-refractivity contribution in [2.75, 3.05) is 0 Å². The number of hydrogen-bond acceptors (Lipinski definition) is 2. The number of carbonyl (C=O) groups excluding carboxylic acids is 1. The highest BCUT2D eigenvalue weighted by Crippen LogP contribution is 1.88. The van der Waals surface area contributed by atoms with E-state index >= 15 is 0 Å². The summed E-state index contributed by atoms with van der Waals surface area (Å²) in [5.74, 6) is -0.486. The number of rotatable bonds is 1. The van der Waals surface area contributed by atoms with E-state index in [9.17, 15) is 4.79 Å². The molecule has 0 aliphatic rings. The highest BCUT2D eigenvalue weighted by molar-refractivity contribution is 5.90. The predicted molar refractivity (Wildman–Crippen MR) is 32.8 cm³/mol. The Morgan fingerprint density at radius 2 is 2.67 bits per heavy atom. The van der Waals surface area contributed by atoms with Gasteiger partial charge in [0, 0.05) is 6.20 Å². The summed E-state index contributed by atoms with van der Waals surface area (Å²) in [5, 5.41) is 0. The fourth-order valence-corrected chi connectivity index (χ4v) is 0.497. The molecule has 0 saturated heterocycles. The molecule has 0 atom stereocenters. The molecule has 3 heteroatoms. The van der Waals surface area contributed by atoms with Gasteiger partial charge in [0.05, 0.1) is 0 Å². The molecule has 9 heavy (non-hydrogen) atoms. The van der Waals surface area contributed by atoms with Gasteiger partial charge < -0.3 is 5.73 Å². The average molecular weight is 123 g/mol. The molecule has 0 radical (unpaired) electrons. The van der Waals surface area contributed by atoms with Crippen molar-refractivity contribution in [3.63, 3.8) is 0 Å². The second-order valence-electron chi connectivity index (χ2n) is 1.54. The summed E-state index contributed by atoms with van der Waals surface area (Å²) in [7, 11) is 0. The molecule has 3 nitrogen and oxygen atoms in total. The lowest BCUT2D eigenvalue weighted by Gasteiger charge is -1.88. The highest BCUT2D eigenvalue weighted by Gasteiger charge is 1.95. The van der Waals surface area contributed by atoms with Gasteiger partial charge in [-0.1, -0.05) is 6.07 Å². The Labute approximate surface area is 54.0 Å². The largest absolute Gasteiger partial charge is 0.364 e. The number of aromatic nitrogens is 1. The van der Waals surface area contributed by atoms with Gasteiger partial charge in [-0.15, -0.1) is 0 Å². The van der Waals surface area contributed by atoms with Crippen LogP contribution in [0.5, 0.6) is 0 Å². The van der Waals surface area contributed by atoms with Crippen molar-refractivity contribution in [3.05, 3.63) is 30.1 Å². The zero-order chi connectivity index (χ0) is 7.40. The van der Waals surface area contributed by atoms with Crippen molar-refractivity contribution < 1.29 is 6.21 Å². The zero-order valence-corrected chi connectivity index (χ0v) is 4.66. The minimum absolute atomic E-state index is 0.262. The summed E-state index contributed by atoms with van der Waals surface area (Å²) in [4.78, 5) is 14.4. The number of carbonyl (C=O) groups is 1. The summed E-state index contributed by atoms with van der Waals surface area (Å²) >= 11 is 0. The van der Waals surface area contributed by atoms with Gasteiger partial charge in [0.1, 0.15) is 5.69 Å². The number of nitrogens with zero attached hydrogens (tertiary/aromatic N) is 1. The lowest BCUT2D eigenvalue weighted by Crippen LogP contribution is -2.12. The van der Waals surface area contributed by atoms with E-state index in [-0.39, 0.29) is 5.69 Å². The van der Waals surface area contributed by atoms with E-state index in [1.165, 1.54) is 6.20 Å². The molecule has 46 valence electrons. The number of primary amides is 1. The third kappa shape index (κ3) is 1.25. The van der Waals surface area contributed by atoms with Gasteiger partial charge in [-0.05, 0) is 12.1 Å². The van der Waals surface area contributed by atoms with Crippen LogP contribution in [0.1, 0.15) is 10.5 Å². The summed E-state index contributed by atoms with van der Waals surface area (Å²) < 4.78 is 6.51. The van der Waals surface area contributed by atoms with Crippen LogP contribution >= 0.6 is 0 Å². The predicted octanol–water partition coefficient (Wildman–Crippen LogP) is 0.181. The molecule has 0 fully saturated rings. The number of pyridine rings is 1. The Morgan fingerprint density at radius 3 is 3.22 bits per heavy atom. The van der Waals surface area contributed by atoms with Crippen LogP contribution in [-0.4, -0.2) is 10.9 Å². The van der Waals surface area contributed by atoms with Gasteiger partial charge >= 0.3 is 0 Å². The normalized spacial score (nSPS) is 10.0. The first kappa shape index (κ1) is 4.49. The maximum absolute atomic E-state index is 10.7. The number of amides is 1. The number of nitrogens with two attached hydrogens (primary N) is 1. The molecule has 1 aromatic heterocycles. The van der Waals surface area contributed by atoms with Crippen LogP contribution < -0.4 is 5.73 Å². The number of hydrogen-bond donors (Lipinski definition) is 1. The minimum Gasteiger partial charge on any atom is -0.364 e. The molecule has 0 aliphatic heterocycles. The van der Waals surface area contributed by atoms with Crippen molar-refractivity contribution in [2.24, 2.45) is 5.73 Å². The van der Waals surface area contributed by atoms with E-state index in [1.807, 2.05) is 0 Å². The first-order valence-electron chi connectivity index (χ1n) is 2.97. The highest BCUT2D eigenvalue weighted by atomic mass is 16.1. The van der Waals surface area contributed by atoms with E-state index in [0.717, 1.165) is 0 Å². The molecule has 1 rings (SSSR count). The standard InChI is InChI=1S/C6H6N2O/c7-6(9)5-3-1-2-4-8-5/h1-4H,(H2,7,9)/i/hD. The maximum atomic E-state index is 10.7. The quantitative estimate of drug-likeness (QED) is 0.579. The fraction of sp³-hybridized carbons (Fsp3) is 0. The smallest absolute Gasteiger partial charge is 0.267 e. The average Bonchev–Trinajstić information content (AvgIpc) is 2.05. The van der Waals surface area contributed by atoms with Gasteiger partial charge in [0.25, 0.3) is 5.91 Å². The molecule has 1 aromatic rings. The van der Waals surface area contributed by atoms with Crippen molar-refractivity contribution >= 4 is 5.91 Å². The van der Waals surface area contributed by atoms with E-state index in [0.29, 0.717) is 0 Å². The molecule has 2 N–H and O–H groups in total. The Hall–Kier alpha value is -1.38. The molecule has 0 saturated carbocycles. The van der Waals surface area contributed by atoms with Crippen molar-refractivity contribution in [1.82, 2.24) is 4.98 Å². The van der Waals surface area contributed by atoms with Crippen LogP contribution in [0.15, 0.2) is 24.4 Å². The summed E-state index contributed by atoms with van der Waals surface area (Å²) in [6.45, 7) is 0. The van der Waals surface area contributed by atoms with E-state index < -0.39 is 5.91 Å². The molecule has 0 unspecified atom stereocenters. The molecule has 0 aromatic carbocycles. The van der Waals surface area contributed by atoms with Gasteiger partial charge in [-0.2, -0.15) is 0 Å². The lowest BCUT2D eigenvalue weighted by atomic mass is 10.3. The van der Waals surface area contributed by atoms with E-state index in [2.05, 4.69) is 4.98 Å².